The van der Waals surface area contributed by atoms with Gasteiger partial charge in [0.1, 0.15) is 0 Å². The molecule has 0 bridgehead atoms. The van der Waals surface area contributed by atoms with Gasteiger partial charge >= 0.3 is 0 Å². The molecule has 33 heavy (non-hydrogen) atoms. The van der Waals surface area contributed by atoms with Gasteiger partial charge in [0.05, 0.1) is 11.7 Å². The summed E-state index contributed by atoms with van der Waals surface area (Å²) in [6, 6.07) is 4.22. The smallest absolute Gasteiger partial charge is 0.222 e. The average molecular weight is 450 g/mol. The molecule has 0 radical (unpaired) electrons. The molecule has 1 aliphatic heterocycles. The summed E-state index contributed by atoms with van der Waals surface area (Å²) in [4.78, 5) is 38.5. The van der Waals surface area contributed by atoms with Crippen molar-refractivity contribution in [2.45, 2.75) is 44.4 Å². The number of aliphatic hydroxyl groups excluding tert-OH is 1. The Balaban J connectivity index is 1.23. The molecule has 2 unspecified atom stereocenters. The van der Waals surface area contributed by atoms with Gasteiger partial charge in [0.2, 0.25) is 11.8 Å². The van der Waals surface area contributed by atoms with Crippen molar-refractivity contribution in [2.24, 2.45) is 23.5 Å². The normalized spacial score (nSPS) is 26.0. The Bertz CT molecular complexity index is 1170. The molecule has 1 saturated heterocycles. The first-order valence-corrected chi connectivity index (χ1v) is 11.9. The van der Waals surface area contributed by atoms with Crippen molar-refractivity contribution in [2.75, 3.05) is 19.7 Å². The fourth-order valence-corrected chi connectivity index (χ4v) is 5.90. The second-order valence-electron chi connectivity index (χ2n) is 9.66. The molecule has 2 amide bonds. The van der Waals surface area contributed by atoms with Crippen LogP contribution in [-0.4, -0.2) is 56.5 Å². The lowest BCUT2D eigenvalue weighted by Gasteiger charge is -2.37. The van der Waals surface area contributed by atoms with E-state index in [0.29, 0.717) is 37.8 Å². The number of nitrogens with one attached hydrogen (secondary N) is 1. The van der Waals surface area contributed by atoms with E-state index >= 15 is 0 Å². The molecule has 8 heteroatoms. The zero-order valence-electron chi connectivity index (χ0n) is 18.7. The number of carbonyl (C=O) groups is 2. The first-order valence-electron chi connectivity index (χ1n) is 11.9. The van der Waals surface area contributed by atoms with Crippen LogP contribution in [0.1, 0.15) is 50.0 Å². The van der Waals surface area contributed by atoms with E-state index in [2.05, 4.69) is 21.0 Å². The summed E-state index contributed by atoms with van der Waals surface area (Å²) in [6.45, 7) is 0.845. The van der Waals surface area contributed by atoms with Crippen molar-refractivity contribution < 1.29 is 14.7 Å². The van der Waals surface area contributed by atoms with Gasteiger partial charge in [-0.15, -0.1) is 0 Å². The number of hydrogen-bond acceptors (Lipinski definition) is 5. The number of primary amides is 1. The van der Waals surface area contributed by atoms with Crippen LogP contribution in [0.2, 0.25) is 0 Å². The molecule has 3 aromatic rings. The van der Waals surface area contributed by atoms with Gasteiger partial charge in [-0.05, 0) is 61.6 Å². The van der Waals surface area contributed by atoms with Crippen LogP contribution in [0.25, 0.3) is 21.9 Å². The molecule has 2 aliphatic rings. The van der Waals surface area contributed by atoms with Crippen LogP contribution in [0.4, 0.5) is 0 Å². The van der Waals surface area contributed by atoms with Crippen LogP contribution in [-0.2, 0) is 9.59 Å². The Morgan fingerprint density at radius 2 is 1.97 bits per heavy atom. The fourth-order valence-electron chi connectivity index (χ4n) is 5.90. The van der Waals surface area contributed by atoms with Crippen LogP contribution in [0.5, 0.6) is 0 Å². The van der Waals surface area contributed by atoms with Crippen LogP contribution in [0.15, 0.2) is 30.7 Å². The number of nitrogens with two attached hydrogens (primary N) is 1. The highest BCUT2D eigenvalue weighted by Crippen LogP contribution is 2.41. The van der Waals surface area contributed by atoms with Crippen LogP contribution >= 0.6 is 0 Å². The lowest BCUT2D eigenvalue weighted by atomic mass is 9.76. The van der Waals surface area contributed by atoms with Gasteiger partial charge in [-0.3, -0.25) is 9.59 Å². The van der Waals surface area contributed by atoms with Gasteiger partial charge in [-0.1, -0.05) is 0 Å². The number of nitrogens with zero attached hydrogens (tertiary/aromatic N) is 3. The Kier molecular flexibility index (Phi) is 6.01. The predicted molar refractivity (Wildman–Crippen MR) is 125 cm³/mol. The van der Waals surface area contributed by atoms with Gasteiger partial charge in [-0.25, -0.2) is 9.97 Å². The van der Waals surface area contributed by atoms with E-state index < -0.39 is 0 Å². The van der Waals surface area contributed by atoms with Crippen LogP contribution < -0.4 is 5.73 Å². The summed E-state index contributed by atoms with van der Waals surface area (Å²) < 4.78 is 0. The zero-order valence-corrected chi connectivity index (χ0v) is 18.7. The van der Waals surface area contributed by atoms with Gasteiger partial charge in [0, 0.05) is 61.1 Å². The third-order valence-corrected chi connectivity index (χ3v) is 7.76. The molecule has 5 rings (SSSR count). The number of piperidine rings is 1. The number of rotatable bonds is 5. The first-order chi connectivity index (χ1) is 16.0. The Hall–Kier alpha value is -3.00. The second-order valence-corrected chi connectivity index (χ2v) is 9.66. The van der Waals surface area contributed by atoms with E-state index in [1.807, 2.05) is 29.6 Å². The van der Waals surface area contributed by atoms with Gasteiger partial charge in [-0.2, -0.15) is 0 Å². The zero-order chi connectivity index (χ0) is 22.9. The summed E-state index contributed by atoms with van der Waals surface area (Å²) in [5, 5.41) is 11.9. The minimum absolute atomic E-state index is 0.118. The lowest BCUT2D eigenvalue weighted by molar-refractivity contribution is -0.139. The standard InChI is InChI=1S/C25H31N5O3/c26-24(33)19-7-10-30(13-17(19)14-31)22(32)11-15-1-3-16(4-2-15)18-5-8-27-21-12-29-25-20(23(18)21)6-9-28-25/h5-6,8-9,12,15-17,19,27,31H,1-4,7,10-11,13-14H2,(H2,26,33). The molecular weight excluding hydrogens is 418 g/mol. The molecule has 4 N–H and O–H groups in total. The van der Waals surface area contributed by atoms with Crippen molar-refractivity contribution in [3.8, 4) is 0 Å². The molecule has 4 heterocycles. The Morgan fingerprint density at radius 3 is 2.73 bits per heavy atom. The minimum Gasteiger partial charge on any atom is -0.396 e. The third-order valence-electron chi connectivity index (χ3n) is 7.76. The number of aromatic amines is 1. The van der Waals surface area contributed by atoms with Crippen molar-refractivity contribution in [3.05, 3.63) is 36.3 Å². The first kappa shape index (κ1) is 21.8. The number of aliphatic hydroxyl groups is 1. The molecule has 1 saturated carbocycles. The van der Waals surface area contributed by atoms with E-state index in [-0.39, 0.29) is 30.3 Å². The van der Waals surface area contributed by atoms with Gasteiger partial charge in [0.25, 0.3) is 0 Å². The van der Waals surface area contributed by atoms with Crippen molar-refractivity contribution in [1.29, 1.82) is 0 Å². The van der Waals surface area contributed by atoms with E-state index in [1.165, 1.54) is 10.9 Å². The summed E-state index contributed by atoms with van der Waals surface area (Å²) in [5.74, 6) is -0.00724. The van der Waals surface area contributed by atoms with Crippen LogP contribution in [0.3, 0.4) is 0 Å². The molecular formula is C25H31N5O3. The highest BCUT2D eigenvalue weighted by atomic mass is 16.3. The van der Waals surface area contributed by atoms with E-state index in [9.17, 15) is 14.7 Å². The Morgan fingerprint density at radius 1 is 1.15 bits per heavy atom. The largest absolute Gasteiger partial charge is 0.396 e. The second kappa shape index (κ2) is 9.09. The molecule has 3 aromatic heterocycles. The SMILES string of the molecule is NC(=O)C1CCN(C(=O)CC2CCC(c3cc[nH]c4cnc5nccc5c34)CC2)CC1CO. The summed E-state index contributed by atoms with van der Waals surface area (Å²) in [7, 11) is 0. The molecule has 0 spiro atoms. The number of amides is 2. The highest BCUT2D eigenvalue weighted by Gasteiger charge is 2.35. The summed E-state index contributed by atoms with van der Waals surface area (Å²) >= 11 is 0. The quantitative estimate of drug-likeness (QED) is 0.552. The van der Waals surface area contributed by atoms with E-state index in [1.54, 1.807) is 0 Å². The number of H-pyrrole nitrogens is 1. The predicted octanol–water partition coefficient (Wildman–Crippen LogP) is 2.72. The number of aromatic nitrogens is 3. The summed E-state index contributed by atoms with van der Waals surface area (Å²) in [5.41, 5.74) is 8.61. The van der Waals surface area contributed by atoms with Gasteiger partial charge < -0.3 is 20.7 Å². The third kappa shape index (κ3) is 4.19. The molecule has 2 fully saturated rings. The molecule has 8 nitrogen and oxygen atoms in total. The minimum atomic E-state index is -0.379. The van der Waals surface area contributed by atoms with Crippen molar-refractivity contribution >= 4 is 33.8 Å². The molecule has 0 aromatic carbocycles. The fraction of sp³-hybridized carbons (Fsp3) is 0.520. The van der Waals surface area contributed by atoms with Crippen LogP contribution in [0, 0.1) is 17.8 Å². The monoisotopic (exact) mass is 449 g/mol. The number of pyridine rings is 2. The van der Waals surface area contributed by atoms with Gasteiger partial charge in [0.15, 0.2) is 5.65 Å². The van der Waals surface area contributed by atoms with E-state index in [4.69, 9.17) is 5.73 Å². The molecule has 1 aliphatic carbocycles. The highest BCUT2D eigenvalue weighted by molar-refractivity contribution is 6.05. The topological polar surface area (TPSA) is 125 Å². The lowest BCUT2D eigenvalue weighted by Crippen LogP contribution is -2.48. The maximum atomic E-state index is 13.0. The number of carbonyl (C=O) groups excluding carboxylic acids is 2. The number of fused-ring (bicyclic) bond motifs is 3. The molecule has 174 valence electrons. The van der Waals surface area contributed by atoms with Crippen molar-refractivity contribution in [1.82, 2.24) is 19.9 Å². The maximum absolute atomic E-state index is 13.0. The number of hydrogen-bond donors (Lipinski definition) is 3. The van der Waals surface area contributed by atoms with E-state index in [0.717, 1.165) is 42.2 Å². The molecule has 2 atom stereocenters. The maximum Gasteiger partial charge on any atom is 0.222 e. The number of likely N-dealkylation sites (tertiary alicyclic amines) is 1. The average Bonchev–Trinajstić information content (AvgIpc) is 3.33. The summed E-state index contributed by atoms with van der Waals surface area (Å²) in [6.07, 6.45) is 10.9. The van der Waals surface area contributed by atoms with Crippen molar-refractivity contribution in [3.63, 3.8) is 0 Å². The Labute approximate surface area is 192 Å².